The third-order valence-corrected chi connectivity index (χ3v) is 4.06. The van der Waals surface area contributed by atoms with Gasteiger partial charge in [-0.15, -0.1) is 0 Å². The van der Waals surface area contributed by atoms with Crippen molar-refractivity contribution < 1.29 is 18.0 Å². The van der Waals surface area contributed by atoms with Gasteiger partial charge in [-0.25, -0.2) is 9.78 Å². The molecule has 0 aromatic carbocycles. The minimum atomic E-state index is -4.69. The summed E-state index contributed by atoms with van der Waals surface area (Å²) in [6.45, 7) is -0.00678. The van der Waals surface area contributed by atoms with Crippen LogP contribution >= 0.6 is 0 Å². The van der Waals surface area contributed by atoms with Crippen molar-refractivity contribution in [1.82, 2.24) is 19.4 Å². The summed E-state index contributed by atoms with van der Waals surface area (Å²) in [5.41, 5.74) is -3.32. The van der Waals surface area contributed by atoms with E-state index in [1.54, 1.807) is 0 Å². The van der Waals surface area contributed by atoms with Crippen LogP contribution in [-0.4, -0.2) is 26.6 Å². The highest BCUT2D eigenvalue weighted by atomic mass is 19.4. The fourth-order valence-corrected chi connectivity index (χ4v) is 2.45. The van der Waals surface area contributed by atoms with Crippen molar-refractivity contribution in [1.29, 1.82) is 0 Å². The molecular weight excluding hydrogens is 341 g/mol. The van der Waals surface area contributed by atoms with Crippen LogP contribution in [0.5, 0.6) is 0 Å². The first-order chi connectivity index (χ1) is 11.7. The van der Waals surface area contributed by atoms with E-state index in [1.807, 2.05) is 0 Å². The Labute approximate surface area is 139 Å². The molecule has 0 spiro atoms. The van der Waals surface area contributed by atoms with Crippen LogP contribution in [0.1, 0.15) is 18.5 Å². The highest BCUT2D eigenvalue weighted by Crippen LogP contribution is 2.28. The topological polar surface area (TPSA) is 86.0 Å². The van der Waals surface area contributed by atoms with Crippen molar-refractivity contribution in [2.24, 2.45) is 13.0 Å². The largest absolute Gasteiger partial charge is 0.433 e. The van der Waals surface area contributed by atoms with Gasteiger partial charge in [0.1, 0.15) is 17.9 Å². The lowest BCUT2D eigenvalue weighted by Crippen LogP contribution is -2.43. The second-order valence-electron chi connectivity index (χ2n) is 6.05. The fourth-order valence-electron chi connectivity index (χ4n) is 2.45. The number of aromatic nitrogens is 3. The van der Waals surface area contributed by atoms with Gasteiger partial charge < -0.3 is 5.32 Å². The number of alkyl halides is 3. The van der Waals surface area contributed by atoms with Crippen LogP contribution in [0.3, 0.4) is 0 Å². The highest BCUT2D eigenvalue weighted by Gasteiger charge is 2.33. The standard InChI is InChI=1S/C15H15F3N4O3/c1-21-12-9(4-5-10(20-12)15(16,17)18)13(24)22(14(21)25)7-11(23)19-6-8-2-3-8/h4-5,8H,2-3,6-7H2,1H3,(H,19,23). The van der Waals surface area contributed by atoms with Gasteiger partial charge in [-0.05, 0) is 30.9 Å². The van der Waals surface area contributed by atoms with E-state index < -0.39 is 35.6 Å². The molecule has 0 unspecified atom stereocenters. The lowest BCUT2D eigenvalue weighted by Gasteiger charge is -2.12. The lowest BCUT2D eigenvalue weighted by atomic mass is 10.2. The molecule has 3 rings (SSSR count). The maximum Gasteiger partial charge on any atom is 0.433 e. The van der Waals surface area contributed by atoms with Crippen molar-refractivity contribution >= 4 is 16.9 Å². The molecule has 10 heteroatoms. The van der Waals surface area contributed by atoms with E-state index in [1.165, 1.54) is 7.05 Å². The molecule has 0 saturated heterocycles. The summed E-state index contributed by atoms with van der Waals surface area (Å²) < 4.78 is 39.8. The molecule has 0 bridgehead atoms. The van der Waals surface area contributed by atoms with Crippen LogP contribution in [0.2, 0.25) is 0 Å². The molecule has 0 atom stereocenters. The quantitative estimate of drug-likeness (QED) is 0.871. The number of amides is 1. The molecule has 2 aromatic heterocycles. The van der Waals surface area contributed by atoms with Crippen molar-refractivity contribution in [2.45, 2.75) is 25.6 Å². The number of nitrogens with one attached hydrogen (secondary N) is 1. The predicted octanol–water partition coefficient (Wildman–Crippen LogP) is 0.640. The average Bonchev–Trinajstić information content (AvgIpc) is 3.38. The second kappa shape index (κ2) is 6.01. The van der Waals surface area contributed by atoms with E-state index in [9.17, 15) is 27.6 Å². The van der Waals surface area contributed by atoms with Gasteiger partial charge in [-0.2, -0.15) is 13.2 Å². The lowest BCUT2D eigenvalue weighted by molar-refractivity contribution is -0.141. The van der Waals surface area contributed by atoms with Gasteiger partial charge in [-0.3, -0.25) is 18.7 Å². The van der Waals surface area contributed by atoms with Crippen LogP contribution in [0.4, 0.5) is 13.2 Å². The smallest absolute Gasteiger partial charge is 0.354 e. The maximum absolute atomic E-state index is 12.8. The van der Waals surface area contributed by atoms with E-state index in [-0.39, 0.29) is 11.0 Å². The first-order valence-corrected chi connectivity index (χ1v) is 7.63. The van der Waals surface area contributed by atoms with E-state index in [4.69, 9.17) is 0 Å². The Kier molecular flexibility index (Phi) is 4.13. The van der Waals surface area contributed by atoms with Gasteiger partial charge in [0.2, 0.25) is 5.91 Å². The van der Waals surface area contributed by atoms with Crippen LogP contribution < -0.4 is 16.6 Å². The van der Waals surface area contributed by atoms with Crippen molar-refractivity contribution in [3.63, 3.8) is 0 Å². The van der Waals surface area contributed by atoms with Gasteiger partial charge in [0.25, 0.3) is 5.56 Å². The molecule has 1 aliphatic rings. The first-order valence-electron chi connectivity index (χ1n) is 7.63. The zero-order valence-electron chi connectivity index (χ0n) is 13.3. The molecular formula is C15H15F3N4O3. The van der Waals surface area contributed by atoms with E-state index in [0.29, 0.717) is 23.1 Å². The van der Waals surface area contributed by atoms with Gasteiger partial charge >= 0.3 is 11.9 Å². The SMILES string of the molecule is Cn1c(=O)n(CC(=O)NCC2CC2)c(=O)c2ccc(C(F)(F)F)nc21. The molecule has 0 radical (unpaired) electrons. The molecule has 1 fully saturated rings. The minimum Gasteiger partial charge on any atom is -0.354 e. The summed E-state index contributed by atoms with van der Waals surface area (Å²) in [5, 5.41) is 2.47. The number of hydrogen-bond acceptors (Lipinski definition) is 4. The Hall–Kier alpha value is -2.65. The first kappa shape index (κ1) is 17.2. The number of rotatable bonds is 4. The monoisotopic (exact) mass is 356 g/mol. The predicted molar refractivity (Wildman–Crippen MR) is 82.0 cm³/mol. The summed E-state index contributed by atoms with van der Waals surface area (Å²) in [6, 6.07) is 1.64. The van der Waals surface area contributed by atoms with Gasteiger partial charge in [-0.1, -0.05) is 0 Å². The molecule has 134 valence electrons. The van der Waals surface area contributed by atoms with E-state index in [0.717, 1.165) is 23.5 Å². The summed E-state index contributed by atoms with van der Waals surface area (Å²) in [6.07, 6.45) is -2.63. The number of nitrogens with zero attached hydrogens (tertiary/aromatic N) is 3. The van der Waals surface area contributed by atoms with E-state index >= 15 is 0 Å². The van der Waals surface area contributed by atoms with E-state index in [2.05, 4.69) is 10.3 Å². The third-order valence-electron chi connectivity index (χ3n) is 4.06. The molecule has 2 aromatic rings. The van der Waals surface area contributed by atoms with Crippen LogP contribution in [0.25, 0.3) is 11.0 Å². The van der Waals surface area contributed by atoms with Crippen LogP contribution in [-0.2, 0) is 24.6 Å². The zero-order valence-corrected chi connectivity index (χ0v) is 13.3. The number of fused-ring (bicyclic) bond motifs is 1. The minimum absolute atomic E-state index is 0.162. The van der Waals surface area contributed by atoms with Crippen LogP contribution in [0.15, 0.2) is 21.7 Å². The van der Waals surface area contributed by atoms with Crippen LogP contribution in [0, 0.1) is 5.92 Å². The number of carbonyl (C=O) groups excluding carboxylic acids is 1. The highest BCUT2D eigenvalue weighted by molar-refractivity contribution is 5.77. The summed E-state index contributed by atoms with van der Waals surface area (Å²) >= 11 is 0. The zero-order chi connectivity index (χ0) is 18.4. The number of carbonyl (C=O) groups is 1. The number of hydrogen-bond donors (Lipinski definition) is 1. The molecule has 1 saturated carbocycles. The Balaban J connectivity index is 2.01. The van der Waals surface area contributed by atoms with Crippen molar-refractivity contribution in [3.05, 3.63) is 38.7 Å². The molecule has 0 aliphatic heterocycles. The van der Waals surface area contributed by atoms with Crippen molar-refractivity contribution in [2.75, 3.05) is 6.54 Å². The fraction of sp³-hybridized carbons (Fsp3) is 0.467. The second-order valence-corrected chi connectivity index (χ2v) is 6.05. The molecule has 1 aliphatic carbocycles. The maximum atomic E-state index is 12.8. The Morgan fingerprint density at radius 1 is 1.32 bits per heavy atom. The molecule has 25 heavy (non-hydrogen) atoms. The summed E-state index contributed by atoms with van der Waals surface area (Å²) in [5.74, 6) is -0.0598. The van der Waals surface area contributed by atoms with Gasteiger partial charge in [0.15, 0.2) is 0 Å². The number of aryl methyl sites for hydroxylation is 1. The Morgan fingerprint density at radius 3 is 2.60 bits per heavy atom. The Morgan fingerprint density at radius 2 is 2.00 bits per heavy atom. The molecule has 1 amide bonds. The molecule has 7 nitrogen and oxygen atoms in total. The Bertz CT molecular complexity index is 957. The molecule has 1 N–H and O–H groups in total. The summed E-state index contributed by atoms with van der Waals surface area (Å²) in [7, 11) is 1.20. The number of pyridine rings is 1. The van der Waals surface area contributed by atoms with Gasteiger partial charge in [0, 0.05) is 13.6 Å². The third kappa shape index (κ3) is 3.42. The summed E-state index contributed by atoms with van der Waals surface area (Å²) in [4.78, 5) is 40.0. The van der Waals surface area contributed by atoms with Crippen molar-refractivity contribution in [3.8, 4) is 0 Å². The van der Waals surface area contributed by atoms with Gasteiger partial charge in [0.05, 0.1) is 5.39 Å². The molecule has 2 heterocycles. The number of halogens is 3. The average molecular weight is 356 g/mol. The normalized spacial score (nSPS) is 14.7.